The molecule has 0 unspecified atom stereocenters. The second-order valence-electron chi connectivity index (χ2n) is 5.86. The molecule has 112 valence electrons. The molecule has 3 heterocycles. The van der Waals surface area contributed by atoms with Crippen molar-refractivity contribution in [1.82, 2.24) is 14.2 Å². The van der Waals surface area contributed by atoms with Gasteiger partial charge in [-0.2, -0.15) is 0 Å². The Hall–Kier alpha value is -1.85. The van der Waals surface area contributed by atoms with Crippen LogP contribution in [0.1, 0.15) is 16.9 Å². The van der Waals surface area contributed by atoms with Crippen LogP contribution in [0.2, 0.25) is 0 Å². The molecule has 0 aromatic carbocycles. The minimum absolute atomic E-state index is 0.00963. The first-order valence-electron chi connectivity index (χ1n) is 7.26. The fourth-order valence-corrected chi connectivity index (χ4v) is 3.07. The van der Waals surface area contributed by atoms with Crippen LogP contribution in [0, 0.1) is 0 Å². The van der Waals surface area contributed by atoms with E-state index < -0.39 is 0 Å². The first-order valence-corrected chi connectivity index (χ1v) is 7.26. The third-order valence-corrected chi connectivity index (χ3v) is 4.38. The lowest BCUT2D eigenvalue weighted by Crippen LogP contribution is -2.39. The molecule has 2 aromatic rings. The van der Waals surface area contributed by atoms with E-state index in [0.29, 0.717) is 18.3 Å². The fourth-order valence-electron chi connectivity index (χ4n) is 3.07. The number of aromatic nitrogens is 1. The molecule has 3 rings (SSSR count). The number of carbonyl (C=O) groups excluding carboxylic acids is 1. The van der Waals surface area contributed by atoms with Gasteiger partial charge in [-0.3, -0.25) is 4.79 Å². The van der Waals surface area contributed by atoms with Gasteiger partial charge in [0, 0.05) is 24.3 Å². The van der Waals surface area contributed by atoms with Gasteiger partial charge in [-0.15, -0.1) is 0 Å². The van der Waals surface area contributed by atoms with Crippen molar-refractivity contribution in [2.24, 2.45) is 0 Å². The number of likely N-dealkylation sites (N-methyl/N-ethyl adjacent to an activating group) is 1. The van der Waals surface area contributed by atoms with Crippen LogP contribution in [0.5, 0.6) is 0 Å². The summed E-state index contributed by atoms with van der Waals surface area (Å²) in [6.07, 6.45) is 2.72. The van der Waals surface area contributed by atoms with E-state index in [1.807, 2.05) is 55.0 Å². The number of rotatable bonds is 3. The number of nitrogens with zero attached hydrogens (tertiary/aromatic N) is 3. The zero-order valence-electron chi connectivity index (χ0n) is 12.4. The molecule has 1 N–H and O–H groups in total. The van der Waals surface area contributed by atoms with E-state index in [2.05, 4.69) is 4.90 Å². The summed E-state index contributed by atoms with van der Waals surface area (Å²) in [5, 5.41) is 9.58. The van der Waals surface area contributed by atoms with E-state index in [1.54, 1.807) is 4.90 Å². The Kier molecular flexibility index (Phi) is 3.69. The Balaban J connectivity index is 1.90. The van der Waals surface area contributed by atoms with Gasteiger partial charge >= 0.3 is 0 Å². The molecule has 2 atom stereocenters. The van der Waals surface area contributed by atoms with Gasteiger partial charge in [-0.1, -0.05) is 6.07 Å². The molecule has 0 radical (unpaired) electrons. The Morgan fingerprint density at radius 1 is 1.33 bits per heavy atom. The number of likely N-dealkylation sites (tertiary alicyclic amines) is 1. The van der Waals surface area contributed by atoms with Crippen molar-refractivity contribution in [3.63, 3.8) is 0 Å². The first-order chi connectivity index (χ1) is 10.1. The molecular weight excluding hydrogens is 266 g/mol. The van der Waals surface area contributed by atoms with E-state index in [1.165, 1.54) is 0 Å². The van der Waals surface area contributed by atoms with Gasteiger partial charge in [0.15, 0.2) is 0 Å². The number of carbonyl (C=O) groups is 1. The van der Waals surface area contributed by atoms with Crippen LogP contribution >= 0.6 is 0 Å². The highest BCUT2D eigenvalue weighted by Crippen LogP contribution is 2.23. The number of aliphatic hydroxyl groups excluding tert-OH is 1. The van der Waals surface area contributed by atoms with Crippen molar-refractivity contribution >= 4 is 11.4 Å². The van der Waals surface area contributed by atoms with E-state index in [0.717, 1.165) is 11.9 Å². The van der Waals surface area contributed by atoms with E-state index in [9.17, 15) is 9.90 Å². The first kappa shape index (κ1) is 14.1. The third-order valence-electron chi connectivity index (χ3n) is 4.38. The van der Waals surface area contributed by atoms with Crippen LogP contribution in [0.4, 0.5) is 0 Å². The number of fused-ring (bicyclic) bond motifs is 1. The lowest BCUT2D eigenvalue weighted by atomic mass is 10.1. The monoisotopic (exact) mass is 287 g/mol. The molecule has 2 aromatic heterocycles. The Labute approximate surface area is 124 Å². The molecule has 0 saturated carbocycles. The second kappa shape index (κ2) is 5.50. The van der Waals surface area contributed by atoms with Crippen molar-refractivity contribution in [2.75, 3.05) is 27.2 Å². The summed E-state index contributed by atoms with van der Waals surface area (Å²) in [6, 6.07) is 9.86. The highest BCUT2D eigenvalue weighted by Gasteiger charge is 2.36. The minimum atomic E-state index is -0.0980. The summed E-state index contributed by atoms with van der Waals surface area (Å²) in [7, 11) is 4.03. The molecule has 1 aliphatic heterocycles. The lowest BCUT2D eigenvalue weighted by Gasteiger charge is -2.23. The number of amides is 1. The molecule has 0 aliphatic carbocycles. The number of hydrogen-bond donors (Lipinski definition) is 1. The van der Waals surface area contributed by atoms with E-state index in [4.69, 9.17) is 0 Å². The molecule has 0 spiro atoms. The van der Waals surface area contributed by atoms with Gasteiger partial charge in [0.2, 0.25) is 0 Å². The predicted octanol–water partition coefficient (Wildman–Crippen LogP) is 1.08. The quantitative estimate of drug-likeness (QED) is 0.919. The SMILES string of the molecule is CN(C)[C@@H]1C[C@@H](CO)N(C(=O)c2ccc3ccccn23)C1. The van der Waals surface area contributed by atoms with Gasteiger partial charge in [-0.05, 0) is 44.8 Å². The zero-order chi connectivity index (χ0) is 15.0. The Bertz CT molecular complexity index is 650. The van der Waals surface area contributed by atoms with Crippen LogP contribution in [0.3, 0.4) is 0 Å². The van der Waals surface area contributed by atoms with Crippen molar-refractivity contribution < 1.29 is 9.90 Å². The highest BCUT2D eigenvalue weighted by atomic mass is 16.3. The summed E-state index contributed by atoms with van der Waals surface area (Å²) in [5.74, 6) is -0.00963. The summed E-state index contributed by atoms with van der Waals surface area (Å²) in [4.78, 5) is 16.8. The number of aliphatic hydroxyl groups is 1. The fraction of sp³-hybridized carbons (Fsp3) is 0.438. The van der Waals surface area contributed by atoms with Crippen molar-refractivity contribution in [3.8, 4) is 0 Å². The molecule has 5 nitrogen and oxygen atoms in total. The molecule has 0 bridgehead atoms. The van der Waals surface area contributed by atoms with Crippen molar-refractivity contribution in [2.45, 2.75) is 18.5 Å². The summed E-state index contributed by atoms with van der Waals surface area (Å²) >= 11 is 0. The molecule has 1 amide bonds. The Morgan fingerprint density at radius 2 is 2.14 bits per heavy atom. The smallest absolute Gasteiger partial charge is 0.271 e. The lowest BCUT2D eigenvalue weighted by molar-refractivity contribution is 0.0666. The van der Waals surface area contributed by atoms with Crippen LogP contribution in [-0.4, -0.2) is 64.5 Å². The summed E-state index contributed by atoms with van der Waals surface area (Å²) in [6.45, 7) is 0.677. The van der Waals surface area contributed by atoms with Gasteiger partial charge in [0.25, 0.3) is 5.91 Å². The third kappa shape index (κ3) is 2.43. The van der Waals surface area contributed by atoms with E-state index >= 15 is 0 Å². The normalized spacial score (nSPS) is 22.4. The highest BCUT2D eigenvalue weighted by molar-refractivity contribution is 5.94. The maximum Gasteiger partial charge on any atom is 0.271 e. The molecular formula is C16H21N3O2. The van der Waals surface area contributed by atoms with Crippen molar-refractivity contribution in [1.29, 1.82) is 0 Å². The zero-order valence-corrected chi connectivity index (χ0v) is 12.4. The second-order valence-corrected chi connectivity index (χ2v) is 5.86. The van der Waals surface area contributed by atoms with E-state index in [-0.39, 0.29) is 18.6 Å². The van der Waals surface area contributed by atoms with Gasteiger partial charge < -0.3 is 19.3 Å². The van der Waals surface area contributed by atoms with Gasteiger partial charge in [0.1, 0.15) is 5.69 Å². The molecule has 21 heavy (non-hydrogen) atoms. The largest absolute Gasteiger partial charge is 0.394 e. The van der Waals surface area contributed by atoms with Crippen LogP contribution in [-0.2, 0) is 0 Å². The number of hydrogen-bond acceptors (Lipinski definition) is 3. The molecule has 1 saturated heterocycles. The predicted molar refractivity (Wildman–Crippen MR) is 81.4 cm³/mol. The van der Waals surface area contributed by atoms with Gasteiger partial charge in [-0.25, -0.2) is 0 Å². The van der Waals surface area contributed by atoms with Crippen LogP contribution in [0.25, 0.3) is 5.52 Å². The summed E-state index contributed by atoms with van der Waals surface area (Å²) in [5.41, 5.74) is 1.66. The molecule has 1 aliphatic rings. The van der Waals surface area contributed by atoms with Crippen molar-refractivity contribution in [3.05, 3.63) is 42.2 Å². The van der Waals surface area contributed by atoms with Crippen LogP contribution < -0.4 is 0 Å². The maximum atomic E-state index is 12.8. The number of pyridine rings is 1. The molecule has 1 fully saturated rings. The minimum Gasteiger partial charge on any atom is -0.394 e. The Morgan fingerprint density at radius 3 is 2.86 bits per heavy atom. The van der Waals surface area contributed by atoms with Crippen LogP contribution in [0.15, 0.2) is 36.5 Å². The molecule has 5 heteroatoms. The van der Waals surface area contributed by atoms with Gasteiger partial charge in [0.05, 0.1) is 12.6 Å². The average Bonchev–Trinajstić information content (AvgIpc) is 3.10. The average molecular weight is 287 g/mol. The summed E-state index contributed by atoms with van der Waals surface area (Å²) < 4.78 is 1.90. The standard InChI is InChI=1S/C16H21N3O2/c1-17(2)13-9-14(11-20)19(10-13)16(21)15-7-6-12-5-3-4-8-18(12)15/h3-8,13-14,20H,9-11H2,1-2H3/t13-,14+/m1/s1. The topological polar surface area (TPSA) is 48.2 Å². The maximum absolute atomic E-state index is 12.8.